The van der Waals surface area contributed by atoms with E-state index in [2.05, 4.69) is 11.9 Å². The molecule has 3 nitrogen and oxygen atoms in total. The number of carbonyl (C=O) groups is 1. The lowest BCUT2D eigenvalue weighted by Gasteiger charge is -2.02. The number of aryl methyl sites for hydroxylation is 1. The summed E-state index contributed by atoms with van der Waals surface area (Å²) in [4.78, 5) is 16.1. The van der Waals surface area contributed by atoms with Gasteiger partial charge in [0.2, 0.25) is 0 Å². The largest absolute Gasteiger partial charge is 0.326 e. The molecule has 0 aliphatic heterocycles. The van der Waals surface area contributed by atoms with Crippen LogP contribution in [0.1, 0.15) is 23.7 Å². The summed E-state index contributed by atoms with van der Waals surface area (Å²) in [6.45, 7) is 3.00. The van der Waals surface area contributed by atoms with Crippen LogP contribution in [0.4, 0.5) is 4.39 Å². The van der Waals surface area contributed by atoms with E-state index in [-0.39, 0.29) is 11.6 Å². The Bertz CT molecular complexity index is 605. The molecule has 0 amide bonds. The number of nitrogens with zero attached hydrogens (tertiary/aromatic N) is 2. The number of benzene rings is 1. The minimum atomic E-state index is -0.346. The molecule has 0 saturated heterocycles. The number of thioether (sulfide) groups is 1. The minimum Gasteiger partial charge on any atom is -0.326 e. The van der Waals surface area contributed by atoms with E-state index in [1.54, 1.807) is 11.6 Å². The molecular weight excluding hydrogens is 275 g/mol. The van der Waals surface area contributed by atoms with Gasteiger partial charge in [-0.05, 0) is 42.2 Å². The number of allylic oxidation sites excluding steroid dienone is 1. The van der Waals surface area contributed by atoms with E-state index in [4.69, 9.17) is 0 Å². The number of ketones is 1. The van der Waals surface area contributed by atoms with Crippen LogP contribution >= 0.6 is 11.8 Å². The van der Waals surface area contributed by atoms with E-state index in [0.29, 0.717) is 5.56 Å². The molecule has 0 aliphatic rings. The van der Waals surface area contributed by atoms with Gasteiger partial charge in [0.1, 0.15) is 5.82 Å². The molecule has 0 aliphatic carbocycles. The molecule has 104 valence electrons. The number of halogens is 1. The Balaban J connectivity index is 1.97. The summed E-state index contributed by atoms with van der Waals surface area (Å²) >= 11 is 1.40. The van der Waals surface area contributed by atoms with Crippen molar-refractivity contribution in [3.05, 3.63) is 59.5 Å². The Hall–Kier alpha value is -1.88. The smallest absolute Gasteiger partial charge is 0.186 e. The van der Waals surface area contributed by atoms with Gasteiger partial charge in [-0.25, -0.2) is 9.37 Å². The first-order chi connectivity index (χ1) is 9.70. The average molecular weight is 290 g/mol. The van der Waals surface area contributed by atoms with Crippen molar-refractivity contribution in [2.45, 2.75) is 25.0 Å². The molecular formula is C15H15FN2OS. The molecule has 1 heterocycles. The van der Waals surface area contributed by atoms with Crippen LogP contribution in [0.25, 0.3) is 0 Å². The Morgan fingerprint density at radius 1 is 1.40 bits per heavy atom. The van der Waals surface area contributed by atoms with Gasteiger partial charge in [-0.15, -0.1) is 0 Å². The van der Waals surface area contributed by atoms with Crippen LogP contribution in [0, 0.1) is 5.82 Å². The summed E-state index contributed by atoms with van der Waals surface area (Å²) < 4.78 is 14.8. The van der Waals surface area contributed by atoms with Crippen LogP contribution in [-0.4, -0.2) is 15.3 Å². The third-order valence-corrected chi connectivity index (χ3v) is 3.49. The highest BCUT2D eigenvalue weighted by atomic mass is 32.2. The van der Waals surface area contributed by atoms with E-state index in [1.807, 2.05) is 10.8 Å². The maximum absolute atomic E-state index is 12.8. The monoisotopic (exact) mass is 290 g/mol. The number of carbonyl (C=O) groups excluding carboxylic acids is 1. The van der Waals surface area contributed by atoms with E-state index in [1.165, 1.54) is 42.1 Å². The molecule has 2 rings (SSSR count). The normalized spacial score (nSPS) is 11.1. The molecule has 0 spiro atoms. The first kappa shape index (κ1) is 14.5. The topological polar surface area (TPSA) is 34.9 Å². The van der Waals surface area contributed by atoms with Crippen molar-refractivity contribution < 1.29 is 9.18 Å². The van der Waals surface area contributed by atoms with Gasteiger partial charge in [-0.3, -0.25) is 4.79 Å². The molecule has 0 fully saturated rings. The van der Waals surface area contributed by atoms with Crippen molar-refractivity contribution in [3.63, 3.8) is 0 Å². The molecule has 0 radical (unpaired) electrons. The Morgan fingerprint density at radius 3 is 2.85 bits per heavy atom. The highest BCUT2D eigenvalue weighted by molar-refractivity contribution is 8.02. The molecule has 0 saturated carbocycles. The highest BCUT2D eigenvalue weighted by Crippen LogP contribution is 2.17. The maximum Gasteiger partial charge on any atom is 0.186 e. The summed E-state index contributed by atoms with van der Waals surface area (Å²) in [5, 5.41) is 2.57. The number of imidazole rings is 1. The fraction of sp³-hybridized carbons (Fsp3) is 0.200. The molecule has 1 aromatic heterocycles. The van der Waals surface area contributed by atoms with Gasteiger partial charge in [0, 0.05) is 24.5 Å². The second-order valence-corrected chi connectivity index (χ2v) is 5.07. The van der Waals surface area contributed by atoms with Crippen LogP contribution in [-0.2, 0) is 6.54 Å². The zero-order chi connectivity index (χ0) is 14.4. The fourth-order valence-corrected chi connectivity index (χ4v) is 2.41. The second-order valence-electron chi connectivity index (χ2n) is 4.19. The van der Waals surface area contributed by atoms with Crippen molar-refractivity contribution >= 4 is 17.5 Å². The highest BCUT2D eigenvalue weighted by Gasteiger charge is 2.03. The lowest BCUT2D eigenvalue weighted by atomic mass is 10.1. The Kier molecular flexibility index (Phi) is 5.12. The van der Waals surface area contributed by atoms with Gasteiger partial charge in [-0.1, -0.05) is 18.7 Å². The summed E-state index contributed by atoms with van der Waals surface area (Å²) in [6.07, 6.45) is 6.17. The van der Waals surface area contributed by atoms with Crippen molar-refractivity contribution in [2.24, 2.45) is 0 Å². The lowest BCUT2D eigenvalue weighted by Crippen LogP contribution is -1.96. The van der Waals surface area contributed by atoms with Gasteiger partial charge >= 0.3 is 0 Å². The van der Waals surface area contributed by atoms with Crippen molar-refractivity contribution in [3.8, 4) is 0 Å². The second kappa shape index (κ2) is 7.05. The standard InChI is InChI=1S/C15H15FN2OS/c1-2-9-18-10-8-17-15(18)20-11-7-14(19)12-3-5-13(16)6-4-12/h3-8,10-11H,2,9H2,1H3/b11-7+. The van der Waals surface area contributed by atoms with E-state index < -0.39 is 0 Å². The van der Waals surface area contributed by atoms with Gasteiger partial charge in [0.25, 0.3) is 0 Å². The number of aromatic nitrogens is 2. The summed E-state index contributed by atoms with van der Waals surface area (Å²) in [6, 6.07) is 5.51. The zero-order valence-electron chi connectivity index (χ0n) is 11.1. The summed E-state index contributed by atoms with van der Waals surface area (Å²) in [5.41, 5.74) is 0.472. The third-order valence-electron chi connectivity index (χ3n) is 2.66. The number of rotatable bonds is 6. The summed E-state index contributed by atoms with van der Waals surface area (Å²) in [5.74, 6) is -0.493. The van der Waals surface area contributed by atoms with Crippen molar-refractivity contribution in [1.82, 2.24) is 9.55 Å². The van der Waals surface area contributed by atoms with E-state index in [9.17, 15) is 9.18 Å². The van der Waals surface area contributed by atoms with Gasteiger partial charge in [0.05, 0.1) is 0 Å². The first-order valence-corrected chi connectivity index (χ1v) is 7.23. The van der Waals surface area contributed by atoms with Crippen molar-refractivity contribution in [1.29, 1.82) is 0 Å². The predicted octanol–water partition coefficient (Wildman–Crippen LogP) is 3.92. The molecule has 20 heavy (non-hydrogen) atoms. The van der Waals surface area contributed by atoms with Gasteiger partial charge in [-0.2, -0.15) is 0 Å². The van der Waals surface area contributed by atoms with Crippen LogP contribution < -0.4 is 0 Å². The number of hydrogen-bond acceptors (Lipinski definition) is 3. The zero-order valence-corrected chi connectivity index (χ0v) is 11.9. The summed E-state index contributed by atoms with van der Waals surface area (Å²) in [7, 11) is 0. The van der Waals surface area contributed by atoms with Crippen molar-refractivity contribution in [2.75, 3.05) is 0 Å². The molecule has 0 bridgehead atoms. The Labute approximate surface area is 121 Å². The molecule has 5 heteroatoms. The minimum absolute atomic E-state index is 0.147. The van der Waals surface area contributed by atoms with Gasteiger partial charge in [0.15, 0.2) is 10.9 Å². The molecule has 1 aromatic carbocycles. The van der Waals surface area contributed by atoms with Gasteiger partial charge < -0.3 is 4.57 Å². The maximum atomic E-state index is 12.8. The van der Waals surface area contributed by atoms with E-state index >= 15 is 0 Å². The van der Waals surface area contributed by atoms with Crippen LogP contribution in [0.5, 0.6) is 0 Å². The SMILES string of the molecule is CCCn1ccnc1S/C=C/C(=O)c1ccc(F)cc1. The van der Waals surface area contributed by atoms with Crippen LogP contribution in [0.15, 0.2) is 53.3 Å². The quantitative estimate of drug-likeness (QED) is 0.459. The Morgan fingerprint density at radius 2 is 2.15 bits per heavy atom. The average Bonchev–Trinajstić information content (AvgIpc) is 2.87. The van der Waals surface area contributed by atoms with Crippen LogP contribution in [0.3, 0.4) is 0 Å². The lowest BCUT2D eigenvalue weighted by molar-refractivity contribution is 0.104. The van der Waals surface area contributed by atoms with E-state index in [0.717, 1.165) is 18.1 Å². The predicted molar refractivity (Wildman–Crippen MR) is 78.2 cm³/mol. The molecule has 0 N–H and O–H groups in total. The first-order valence-electron chi connectivity index (χ1n) is 6.35. The molecule has 2 aromatic rings. The third kappa shape index (κ3) is 3.81. The number of hydrogen-bond donors (Lipinski definition) is 0. The molecule has 0 unspecified atom stereocenters. The molecule has 0 atom stereocenters. The fourth-order valence-electron chi connectivity index (χ4n) is 1.69. The van der Waals surface area contributed by atoms with Crippen LogP contribution in [0.2, 0.25) is 0 Å².